The van der Waals surface area contributed by atoms with E-state index in [2.05, 4.69) is 10.3 Å². The molecule has 1 amide bonds. The minimum atomic E-state index is -0.280. The molecule has 0 atom stereocenters. The monoisotopic (exact) mass is 428 g/mol. The van der Waals surface area contributed by atoms with Crippen LogP contribution < -0.4 is 29.0 Å². The fraction of sp³-hybridized carbons (Fsp3) is 0.238. The number of ether oxygens (including phenoxy) is 5. The zero-order valence-electron chi connectivity index (χ0n) is 16.7. The molecule has 0 saturated carbocycles. The van der Waals surface area contributed by atoms with Crippen molar-refractivity contribution < 1.29 is 28.5 Å². The van der Waals surface area contributed by atoms with Gasteiger partial charge in [-0.05, 0) is 30.3 Å². The Hall–Kier alpha value is -3.46. The van der Waals surface area contributed by atoms with Crippen molar-refractivity contribution in [3.8, 4) is 40.0 Å². The molecule has 0 radical (unpaired) electrons. The number of anilines is 1. The maximum absolute atomic E-state index is 12.6. The molecular weight excluding hydrogens is 408 g/mol. The Morgan fingerprint density at radius 1 is 1.00 bits per heavy atom. The van der Waals surface area contributed by atoms with Crippen LogP contribution in [0.5, 0.6) is 28.7 Å². The second-order valence-electron chi connectivity index (χ2n) is 6.26. The van der Waals surface area contributed by atoms with Crippen molar-refractivity contribution in [3.05, 3.63) is 41.3 Å². The fourth-order valence-electron chi connectivity index (χ4n) is 3.05. The summed E-state index contributed by atoms with van der Waals surface area (Å²) in [6.45, 7) is 0.962. The number of hydrogen-bond acceptors (Lipinski definition) is 8. The summed E-state index contributed by atoms with van der Waals surface area (Å²) < 4.78 is 27.2. The lowest BCUT2D eigenvalue weighted by molar-refractivity contribution is 0.102. The Morgan fingerprint density at radius 3 is 2.37 bits per heavy atom. The Morgan fingerprint density at radius 2 is 1.70 bits per heavy atom. The smallest absolute Gasteiger partial charge is 0.257 e. The Kier molecular flexibility index (Phi) is 5.62. The van der Waals surface area contributed by atoms with Crippen LogP contribution >= 0.6 is 11.3 Å². The quantitative estimate of drug-likeness (QED) is 0.638. The highest BCUT2D eigenvalue weighted by atomic mass is 32.1. The zero-order chi connectivity index (χ0) is 21.1. The first-order valence-corrected chi connectivity index (χ1v) is 9.97. The molecule has 3 aromatic rings. The maximum Gasteiger partial charge on any atom is 0.257 e. The molecule has 0 bridgehead atoms. The molecule has 0 saturated heterocycles. The second kappa shape index (κ2) is 8.50. The summed E-state index contributed by atoms with van der Waals surface area (Å²) >= 11 is 1.32. The highest BCUT2D eigenvalue weighted by Crippen LogP contribution is 2.41. The molecule has 30 heavy (non-hydrogen) atoms. The van der Waals surface area contributed by atoms with Crippen molar-refractivity contribution in [3.63, 3.8) is 0 Å². The first-order chi connectivity index (χ1) is 14.6. The molecule has 4 rings (SSSR count). The number of carbonyl (C=O) groups excluding carboxylic acids is 1. The maximum atomic E-state index is 12.6. The number of hydrogen-bond donors (Lipinski definition) is 1. The van der Waals surface area contributed by atoms with Crippen LogP contribution in [-0.4, -0.2) is 45.4 Å². The van der Waals surface area contributed by atoms with Crippen molar-refractivity contribution in [2.75, 3.05) is 39.9 Å². The molecule has 2 aromatic carbocycles. The van der Waals surface area contributed by atoms with Gasteiger partial charge in [-0.1, -0.05) is 0 Å². The van der Waals surface area contributed by atoms with Crippen molar-refractivity contribution in [2.24, 2.45) is 0 Å². The molecule has 1 aliphatic heterocycles. The molecule has 1 aliphatic rings. The SMILES string of the molecule is COc1cc(-c2csc(NC(=O)c3ccc4c(c3)OCCO4)n2)cc(OC)c1OC. The lowest BCUT2D eigenvalue weighted by atomic mass is 10.1. The first-order valence-electron chi connectivity index (χ1n) is 9.10. The van der Waals surface area contributed by atoms with E-state index in [4.69, 9.17) is 23.7 Å². The van der Waals surface area contributed by atoms with E-state index in [-0.39, 0.29) is 5.91 Å². The third kappa shape index (κ3) is 3.84. The van der Waals surface area contributed by atoms with Crippen LogP contribution in [-0.2, 0) is 0 Å². The fourth-order valence-corrected chi connectivity index (χ4v) is 3.76. The minimum absolute atomic E-state index is 0.280. The third-order valence-electron chi connectivity index (χ3n) is 4.49. The summed E-state index contributed by atoms with van der Waals surface area (Å²) in [5, 5.41) is 5.14. The van der Waals surface area contributed by atoms with E-state index in [1.807, 2.05) is 17.5 Å². The first kappa shape index (κ1) is 19.8. The van der Waals surface area contributed by atoms with Crippen LogP contribution in [0.2, 0.25) is 0 Å². The number of carbonyl (C=O) groups is 1. The number of fused-ring (bicyclic) bond motifs is 1. The summed E-state index contributed by atoms with van der Waals surface area (Å²) in [5.41, 5.74) is 1.92. The number of rotatable bonds is 6. The topological polar surface area (TPSA) is 88.1 Å². The molecule has 156 valence electrons. The number of benzene rings is 2. The molecule has 1 aromatic heterocycles. The van der Waals surface area contributed by atoms with Crippen LogP contribution in [0.15, 0.2) is 35.7 Å². The largest absolute Gasteiger partial charge is 0.493 e. The highest BCUT2D eigenvalue weighted by Gasteiger charge is 2.18. The zero-order valence-corrected chi connectivity index (χ0v) is 17.5. The van der Waals surface area contributed by atoms with Crippen LogP contribution in [0.25, 0.3) is 11.3 Å². The molecule has 0 aliphatic carbocycles. The van der Waals surface area contributed by atoms with Crippen LogP contribution in [0.1, 0.15) is 10.4 Å². The van der Waals surface area contributed by atoms with E-state index in [1.165, 1.54) is 11.3 Å². The van der Waals surface area contributed by atoms with Gasteiger partial charge in [0.2, 0.25) is 5.75 Å². The predicted octanol–water partition coefficient (Wildman–Crippen LogP) is 3.86. The van der Waals surface area contributed by atoms with Gasteiger partial charge < -0.3 is 23.7 Å². The van der Waals surface area contributed by atoms with Gasteiger partial charge in [-0.3, -0.25) is 10.1 Å². The number of aromatic nitrogens is 1. The lowest BCUT2D eigenvalue weighted by Crippen LogP contribution is -2.17. The normalized spacial score (nSPS) is 12.2. The summed E-state index contributed by atoms with van der Waals surface area (Å²) in [4.78, 5) is 17.2. The van der Waals surface area contributed by atoms with Gasteiger partial charge >= 0.3 is 0 Å². The van der Waals surface area contributed by atoms with Crippen molar-refractivity contribution in [1.29, 1.82) is 0 Å². The van der Waals surface area contributed by atoms with Crippen molar-refractivity contribution in [2.45, 2.75) is 0 Å². The molecular formula is C21H20N2O6S. The van der Waals surface area contributed by atoms with E-state index < -0.39 is 0 Å². The van der Waals surface area contributed by atoms with Gasteiger partial charge in [-0.2, -0.15) is 0 Å². The van der Waals surface area contributed by atoms with Gasteiger partial charge in [-0.25, -0.2) is 4.98 Å². The summed E-state index contributed by atoms with van der Waals surface area (Å²) in [6, 6.07) is 8.70. The number of methoxy groups -OCH3 is 3. The van der Waals surface area contributed by atoms with Crippen LogP contribution in [0.4, 0.5) is 5.13 Å². The molecule has 8 nitrogen and oxygen atoms in total. The van der Waals surface area contributed by atoms with Crippen molar-refractivity contribution >= 4 is 22.4 Å². The van der Waals surface area contributed by atoms with Crippen molar-refractivity contribution in [1.82, 2.24) is 4.98 Å². The molecule has 0 fully saturated rings. The molecule has 0 spiro atoms. The number of thiazole rings is 1. The van der Waals surface area contributed by atoms with E-state index in [0.29, 0.717) is 58.4 Å². The Balaban J connectivity index is 1.55. The standard InChI is InChI=1S/C21H20N2O6S/c1-25-17-9-13(10-18(26-2)19(17)27-3)14-11-30-21(22-14)23-20(24)12-4-5-15-16(8-12)29-7-6-28-15/h4-5,8-11H,6-7H2,1-3H3,(H,22,23,24). The van der Waals surface area contributed by atoms with Gasteiger partial charge in [0.05, 0.1) is 27.0 Å². The summed E-state index contributed by atoms with van der Waals surface area (Å²) in [5.74, 6) is 2.48. The summed E-state index contributed by atoms with van der Waals surface area (Å²) in [7, 11) is 4.66. The van der Waals surface area contributed by atoms with Crippen LogP contribution in [0, 0.1) is 0 Å². The Bertz CT molecular complexity index is 1060. The van der Waals surface area contributed by atoms with E-state index in [0.717, 1.165) is 5.56 Å². The van der Waals surface area contributed by atoms with Gasteiger partial charge in [0, 0.05) is 16.5 Å². The average Bonchev–Trinajstić information content (AvgIpc) is 3.26. The lowest BCUT2D eigenvalue weighted by Gasteiger charge is -2.18. The summed E-state index contributed by atoms with van der Waals surface area (Å²) in [6.07, 6.45) is 0. The molecule has 0 unspecified atom stereocenters. The van der Waals surface area contributed by atoms with Gasteiger partial charge in [0.15, 0.2) is 28.1 Å². The van der Waals surface area contributed by atoms with Crippen LogP contribution in [0.3, 0.4) is 0 Å². The number of nitrogens with one attached hydrogen (secondary N) is 1. The second-order valence-corrected chi connectivity index (χ2v) is 7.12. The highest BCUT2D eigenvalue weighted by molar-refractivity contribution is 7.14. The molecule has 9 heteroatoms. The van der Waals surface area contributed by atoms with E-state index >= 15 is 0 Å². The van der Waals surface area contributed by atoms with Gasteiger partial charge in [-0.15, -0.1) is 11.3 Å². The van der Waals surface area contributed by atoms with E-state index in [1.54, 1.807) is 39.5 Å². The molecule has 2 heterocycles. The van der Waals surface area contributed by atoms with Gasteiger partial charge in [0.25, 0.3) is 5.91 Å². The number of amides is 1. The average molecular weight is 428 g/mol. The predicted molar refractivity (Wildman–Crippen MR) is 113 cm³/mol. The van der Waals surface area contributed by atoms with E-state index in [9.17, 15) is 4.79 Å². The van der Waals surface area contributed by atoms with Gasteiger partial charge in [0.1, 0.15) is 13.2 Å². The molecule has 1 N–H and O–H groups in total. The minimum Gasteiger partial charge on any atom is -0.493 e. The Labute approximate surface area is 177 Å². The third-order valence-corrected chi connectivity index (χ3v) is 5.25. The number of nitrogens with zero attached hydrogens (tertiary/aromatic N) is 1.